The largest absolute Gasteiger partial charge is 0.450 e. The van der Waals surface area contributed by atoms with Crippen molar-refractivity contribution < 1.29 is 14.7 Å². The van der Waals surface area contributed by atoms with Crippen LogP contribution < -0.4 is 11.1 Å². The molecule has 0 bridgehead atoms. The first-order valence-corrected chi connectivity index (χ1v) is 5.57. The van der Waals surface area contributed by atoms with Crippen LogP contribution in [0.5, 0.6) is 0 Å². The van der Waals surface area contributed by atoms with Crippen molar-refractivity contribution in [3.05, 3.63) is 0 Å². The highest BCUT2D eigenvalue weighted by molar-refractivity contribution is 5.92. The molecule has 0 heterocycles. The Labute approximate surface area is 94.8 Å². The standard InChI is InChI=1S/C10H19N3O3/c1-2-16-9(14)12-10(8(11)13-15)6-4-3-5-7-10/h15H,2-7H2,1H3,(H2,11,13)(H,12,14). The van der Waals surface area contributed by atoms with Gasteiger partial charge in [0, 0.05) is 0 Å². The van der Waals surface area contributed by atoms with Gasteiger partial charge in [-0.05, 0) is 19.8 Å². The summed E-state index contributed by atoms with van der Waals surface area (Å²) in [5, 5.41) is 14.5. The zero-order valence-electron chi connectivity index (χ0n) is 9.53. The van der Waals surface area contributed by atoms with Gasteiger partial charge in [0.15, 0.2) is 5.84 Å². The molecular weight excluding hydrogens is 210 g/mol. The fourth-order valence-electron chi connectivity index (χ4n) is 2.06. The molecule has 6 heteroatoms. The van der Waals surface area contributed by atoms with Crippen molar-refractivity contribution in [1.82, 2.24) is 5.32 Å². The van der Waals surface area contributed by atoms with Crippen LogP contribution in [0.3, 0.4) is 0 Å². The molecule has 1 amide bonds. The van der Waals surface area contributed by atoms with E-state index in [4.69, 9.17) is 15.7 Å². The van der Waals surface area contributed by atoms with Gasteiger partial charge in [-0.2, -0.15) is 0 Å². The lowest BCUT2D eigenvalue weighted by atomic mass is 9.81. The SMILES string of the molecule is CCOC(=O)NC1(/C(N)=N/O)CCCCC1. The van der Waals surface area contributed by atoms with E-state index in [0.717, 1.165) is 19.3 Å². The van der Waals surface area contributed by atoms with Crippen LogP contribution in [0.15, 0.2) is 5.16 Å². The van der Waals surface area contributed by atoms with Gasteiger partial charge >= 0.3 is 6.09 Å². The first kappa shape index (κ1) is 12.6. The van der Waals surface area contributed by atoms with Gasteiger partial charge < -0.3 is 21.0 Å². The van der Waals surface area contributed by atoms with Crippen molar-refractivity contribution in [2.24, 2.45) is 10.9 Å². The van der Waals surface area contributed by atoms with E-state index < -0.39 is 11.6 Å². The second-order valence-electron chi connectivity index (χ2n) is 3.97. The minimum Gasteiger partial charge on any atom is -0.450 e. The summed E-state index contributed by atoms with van der Waals surface area (Å²) in [6, 6.07) is 0. The number of ether oxygens (including phenoxy) is 1. The molecule has 0 spiro atoms. The molecule has 4 N–H and O–H groups in total. The average molecular weight is 229 g/mol. The maximum Gasteiger partial charge on any atom is 0.407 e. The molecule has 16 heavy (non-hydrogen) atoms. The lowest BCUT2D eigenvalue weighted by molar-refractivity contribution is 0.138. The molecule has 0 radical (unpaired) electrons. The van der Waals surface area contributed by atoms with Crippen molar-refractivity contribution >= 4 is 11.9 Å². The van der Waals surface area contributed by atoms with Crippen molar-refractivity contribution in [3.63, 3.8) is 0 Å². The Balaban J connectivity index is 2.74. The number of amides is 1. The maximum absolute atomic E-state index is 11.4. The van der Waals surface area contributed by atoms with Crippen LogP contribution in [0, 0.1) is 0 Å². The second-order valence-corrected chi connectivity index (χ2v) is 3.97. The summed E-state index contributed by atoms with van der Waals surface area (Å²) in [6.45, 7) is 2.04. The predicted molar refractivity (Wildman–Crippen MR) is 59.4 cm³/mol. The van der Waals surface area contributed by atoms with Crippen LogP contribution >= 0.6 is 0 Å². The fraction of sp³-hybridized carbons (Fsp3) is 0.800. The van der Waals surface area contributed by atoms with Crippen LogP contribution in [-0.4, -0.2) is 29.3 Å². The Bertz CT molecular complexity index is 272. The van der Waals surface area contributed by atoms with Gasteiger partial charge in [0.1, 0.15) is 5.54 Å². The molecule has 1 aliphatic carbocycles. The van der Waals surface area contributed by atoms with E-state index in [1.807, 2.05) is 0 Å². The van der Waals surface area contributed by atoms with E-state index in [2.05, 4.69) is 10.5 Å². The van der Waals surface area contributed by atoms with Crippen molar-refractivity contribution in [2.45, 2.75) is 44.6 Å². The summed E-state index contributed by atoms with van der Waals surface area (Å²) < 4.78 is 4.82. The van der Waals surface area contributed by atoms with E-state index in [1.54, 1.807) is 6.92 Å². The van der Waals surface area contributed by atoms with Crippen LogP contribution in [0.4, 0.5) is 4.79 Å². The summed E-state index contributed by atoms with van der Waals surface area (Å²) >= 11 is 0. The van der Waals surface area contributed by atoms with E-state index in [-0.39, 0.29) is 5.84 Å². The number of carbonyl (C=O) groups is 1. The Morgan fingerprint density at radius 1 is 1.50 bits per heavy atom. The van der Waals surface area contributed by atoms with Gasteiger partial charge in [0.05, 0.1) is 6.61 Å². The number of carbonyl (C=O) groups excluding carboxylic acids is 1. The summed E-state index contributed by atoms with van der Waals surface area (Å²) in [5.41, 5.74) is 4.92. The lowest BCUT2D eigenvalue weighted by Gasteiger charge is -2.36. The highest BCUT2D eigenvalue weighted by Gasteiger charge is 2.38. The number of oxime groups is 1. The van der Waals surface area contributed by atoms with Crippen LogP contribution in [0.1, 0.15) is 39.0 Å². The van der Waals surface area contributed by atoms with Gasteiger partial charge in [-0.3, -0.25) is 0 Å². The van der Waals surface area contributed by atoms with Crippen molar-refractivity contribution in [2.75, 3.05) is 6.61 Å². The number of nitrogens with two attached hydrogens (primary N) is 1. The molecule has 0 saturated heterocycles. The third-order valence-corrected chi connectivity index (χ3v) is 2.92. The first-order chi connectivity index (χ1) is 7.64. The molecule has 1 fully saturated rings. The van der Waals surface area contributed by atoms with Crippen LogP contribution in [-0.2, 0) is 4.74 Å². The van der Waals surface area contributed by atoms with E-state index >= 15 is 0 Å². The molecule has 0 aliphatic heterocycles. The molecule has 0 atom stereocenters. The van der Waals surface area contributed by atoms with Gasteiger partial charge in [-0.25, -0.2) is 4.79 Å². The predicted octanol–water partition coefficient (Wildman–Crippen LogP) is 1.18. The first-order valence-electron chi connectivity index (χ1n) is 5.57. The Morgan fingerprint density at radius 3 is 2.62 bits per heavy atom. The summed E-state index contributed by atoms with van der Waals surface area (Å²) in [7, 11) is 0. The quantitative estimate of drug-likeness (QED) is 0.293. The van der Waals surface area contributed by atoms with E-state index in [9.17, 15) is 4.79 Å². The number of hydrogen-bond acceptors (Lipinski definition) is 4. The zero-order chi connectivity index (χ0) is 12.0. The molecule has 0 unspecified atom stereocenters. The number of rotatable bonds is 3. The van der Waals surface area contributed by atoms with E-state index in [0.29, 0.717) is 19.4 Å². The van der Waals surface area contributed by atoms with Gasteiger partial charge in [-0.15, -0.1) is 0 Å². The molecular formula is C10H19N3O3. The molecule has 0 aromatic carbocycles. The Morgan fingerprint density at radius 2 is 2.12 bits per heavy atom. The number of amidine groups is 1. The third kappa shape index (κ3) is 2.77. The van der Waals surface area contributed by atoms with Gasteiger partial charge in [0.2, 0.25) is 0 Å². The monoisotopic (exact) mass is 229 g/mol. The highest BCUT2D eigenvalue weighted by Crippen LogP contribution is 2.28. The fourth-order valence-corrected chi connectivity index (χ4v) is 2.06. The minimum absolute atomic E-state index is 0.0558. The minimum atomic E-state index is -0.737. The Hall–Kier alpha value is -1.46. The lowest BCUT2D eigenvalue weighted by Crippen LogP contribution is -2.58. The topological polar surface area (TPSA) is 96.9 Å². The molecule has 1 aliphatic rings. The van der Waals surface area contributed by atoms with Crippen LogP contribution in [0.25, 0.3) is 0 Å². The van der Waals surface area contributed by atoms with Crippen molar-refractivity contribution in [1.29, 1.82) is 0 Å². The summed E-state index contributed by atoms with van der Waals surface area (Å²) in [6.07, 6.45) is 3.84. The molecule has 0 aromatic heterocycles. The normalized spacial score (nSPS) is 20.2. The number of nitrogens with zero attached hydrogens (tertiary/aromatic N) is 1. The second kappa shape index (κ2) is 5.58. The van der Waals surface area contributed by atoms with Crippen molar-refractivity contribution in [3.8, 4) is 0 Å². The van der Waals surface area contributed by atoms with Crippen LogP contribution in [0.2, 0.25) is 0 Å². The molecule has 1 rings (SSSR count). The number of hydrogen-bond donors (Lipinski definition) is 3. The number of nitrogens with one attached hydrogen (secondary N) is 1. The smallest absolute Gasteiger partial charge is 0.407 e. The zero-order valence-corrected chi connectivity index (χ0v) is 9.53. The third-order valence-electron chi connectivity index (χ3n) is 2.92. The molecule has 0 aromatic rings. The summed E-state index contributed by atoms with van der Waals surface area (Å²) in [5.74, 6) is 0.0558. The molecule has 6 nitrogen and oxygen atoms in total. The summed E-state index contributed by atoms with van der Waals surface area (Å²) in [4.78, 5) is 11.4. The Kier molecular flexibility index (Phi) is 4.39. The molecule has 1 saturated carbocycles. The molecule has 92 valence electrons. The highest BCUT2D eigenvalue weighted by atomic mass is 16.5. The maximum atomic E-state index is 11.4. The van der Waals surface area contributed by atoms with E-state index in [1.165, 1.54) is 0 Å². The van der Waals surface area contributed by atoms with Gasteiger partial charge in [0.25, 0.3) is 0 Å². The average Bonchev–Trinajstić information content (AvgIpc) is 2.29. The van der Waals surface area contributed by atoms with Gasteiger partial charge in [-0.1, -0.05) is 24.4 Å². The number of alkyl carbamates (subject to hydrolysis) is 1.